The van der Waals surface area contributed by atoms with Crippen molar-refractivity contribution >= 4 is 0 Å². The standard InChI is InChI=1S/C14H12/c1-4-11(5-1)10-14(12-6-2-7-12)13-8-3-9-13/h1-9,14H,10H2. The van der Waals surface area contributed by atoms with Gasteiger partial charge in [-0.25, -0.2) is 0 Å². The summed E-state index contributed by atoms with van der Waals surface area (Å²) in [5.41, 5.74) is 4.42. The lowest BCUT2D eigenvalue weighted by Crippen LogP contribution is -2.11. The van der Waals surface area contributed by atoms with Crippen molar-refractivity contribution in [1.29, 1.82) is 0 Å². The van der Waals surface area contributed by atoms with Crippen LogP contribution in [0.3, 0.4) is 0 Å². The quantitative estimate of drug-likeness (QED) is 0.621. The van der Waals surface area contributed by atoms with Crippen LogP contribution in [0.2, 0.25) is 0 Å². The third-order valence-corrected chi connectivity index (χ3v) is 3.02. The second kappa shape index (κ2) is 2.98. The van der Waals surface area contributed by atoms with Crippen molar-refractivity contribution in [2.45, 2.75) is 6.42 Å². The molecule has 0 aliphatic heterocycles. The average Bonchev–Trinajstić information content (AvgIpc) is 1.88. The van der Waals surface area contributed by atoms with E-state index in [9.17, 15) is 0 Å². The lowest BCUT2D eigenvalue weighted by Gasteiger charge is -2.26. The highest BCUT2D eigenvalue weighted by atomic mass is 14.2. The molecule has 0 radical (unpaired) electrons. The highest BCUT2D eigenvalue weighted by Gasteiger charge is 2.21. The van der Waals surface area contributed by atoms with E-state index in [-0.39, 0.29) is 0 Å². The third kappa shape index (κ3) is 1.15. The Kier molecular flexibility index (Phi) is 1.66. The zero-order valence-corrected chi connectivity index (χ0v) is 7.98. The fraction of sp³-hybridized carbons (Fsp3) is 0.143. The van der Waals surface area contributed by atoms with E-state index in [0.29, 0.717) is 5.92 Å². The van der Waals surface area contributed by atoms with E-state index in [2.05, 4.69) is 54.7 Å². The molecule has 68 valence electrons. The predicted molar refractivity (Wildman–Crippen MR) is 59.8 cm³/mol. The van der Waals surface area contributed by atoms with E-state index >= 15 is 0 Å². The highest BCUT2D eigenvalue weighted by Crippen LogP contribution is 2.35. The second-order valence-electron chi connectivity index (χ2n) is 3.91. The molecule has 0 spiro atoms. The van der Waals surface area contributed by atoms with E-state index in [1.165, 1.54) is 16.7 Å². The zero-order chi connectivity index (χ0) is 9.38. The molecule has 0 fully saturated rings. The van der Waals surface area contributed by atoms with Crippen LogP contribution in [-0.2, 0) is 0 Å². The Bertz CT molecular complexity index is 409. The maximum atomic E-state index is 2.22. The molecule has 0 saturated heterocycles. The molecule has 0 aromatic rings. The molecule has 0 unspecified atom stereocenters. The van der Waals surface area contributed by atoms with E-state index in [1.807, 2.05) is 0 Å². The Morgan fingerprint density at radius 3 is 1.57 bits per heavy atom. The zero-order valence-electron chi connectivity index (χ0n) is 7.98. The minimum atomic E-state index is 0.598. The van der Waals surface area contributed by atoms with Crippen LogP contribution in [0, 0.1) is 5.92 Å². The van der Waals surface area contributed by atoms with Crippen LogP contribution in [0.4, 0.5) is 0 Å². The molecule has 0 heterocycles. The van der Waals surface area contributed by atoms with Crippen LogP contribution < -0.4 is 0 Å². The Hall–Kier alpha value is -1.56. The SMILES string of the molecule is C1=CC(CC(C2=CC=C2)C2=CC=C2)=C1. The monoisotopic (exact) mass is 180 g/mol. The summed E-state index contributed by atoms with van der Waals surface area (Å²) in [5, 5.41) is 0. The van der Waals surface area contributed by atoms with Crippen LogP contribution in [0.5, 0.6) is 0 Å². The molecule has 0 nitrogen and oxygen atoms in total. The highest BCUT2D eigenvalue weighted by molar-refractivity contribution is 5.50. The third-order valence-electron chi connectivity index (χ3n) is 3.02. The van der Waals surface area contributed by atoms with Crippen molar-refractivity contribution in [1.82, 2.24) is 0 Å². The molecule has 3 aliphatic rings. The fourth-order valence-electron chi connectivity index (χ4n) is 1.91. The molecule has 0 aromatic heterocycles. The first-order chi connectivity index (χ1) is 6.93. The van der Waals surface area contributed by atoms with Crippen molar-refractivity contribution in [3.63, 3.8) is 0 Å². The summed E-state index contributed by atoms with van der Waals surface area (Å²) in [4.78, 5) is 0. The topological polar surface area (TPSA) is 0 Å². The Morgan fingerprint density at radius 1 is 0.786 bits per heavy atom. The molecular formula is C14H12. The number of hydrogen-bond donors (Lipinski definition) is 0. The van der Waals surface area contributed by atoms with Crippen molar-refractivity contribution in [2.75, 3.05) is 0 Å². The average molecular weight is 180 g/mol. The van der Waals surface area contributed by atoms with Gasteiger partial charge in [-0.3, -0.25) is 0 Å². The maximum Gasteiger partial charge on any atom is 0.0130 e. The molecule has 0 amide bonds. The van der Waals surface area contributed by atoms with Crippen molar-refractivity contribution in [2.24, 2.45) is 5.92 Å². The molecule has 3 aliphatic carbocycles. The summed E-state index contributed by atoms with van der Waals surface area (Å²) < 4.78 is 0. The van der Waals surface area contributed by atoms with Gasteiger partial charge in [0, 0.05) is 5.92 Å². The van der Waals surface area contributed by atoms with E-state index < -0.39 is 0 Å². The molecule has 0 aromatic carbocycles. The van der Waals surface area contributed by atoms with E-state index in [1.54, 1.807) is 0 Å². The van der Waals surface area contributed by atoms with Crippen LogP contribution in [-0.4, -0.2) is 0 Å². The van der Waals surface area contributed by atoms with Crippen molar-refractivity contribution in [3.8, 4) is 0 Å². The van der Waals surface area contributed by atoms with Crippen molar-refractivity contribution < 1.29 is 0 Å². The summed E-state index contributed by atoms with van der Waals surface area (Å²) in [7, 11) is 0. The Balaban J connectivity index is 1.74. The molecule has 0 heteroatoms. The lowest BCUT2D eigenvalue weighted by atomic mass is 9.78. The van der Waals surface area contributed by atoms with E-state index in [4.69, 9.17) is 0 Å². The summed E-state index contributed by atoms with van der Waals surface area (Å²) >= 11 is 0. The maximum absolute atomic E-state index is 2.22. The second-order valence-corrected chi connectivity index (χ2v) is 3.91. The van der Waals surface area contributed by atoms with Crippen LogP contribution >= 0.6 is 0 Å². The molecule has 0 saturated carbocycles. The summed E-state index contributed by atoms with van der Waals surface area (Å²) in [6.07, 6.45) is 20.8. The van der Waals surface area contributed by atoms with Gasteiger partial charge in [0.05, 0.1) is 0 Å². The van der Waals surface area contributed by atoms with Gasteiger partial charge in [-0.2, -0.15) is 0 Å². The molecular weight excluding hydrogens is 168 g/mol. The van der Waals surface area contributed by atoms with Gasteiger partial charge in [0.2, 0.25) is 0 Å². The van der Waals surface area contributed by atoms with Crippen LogP contribution in [0.25, 0.3) is 0 Å². The minimum absolute atomic E-state index is 0.598. The molecule has 0 atom stereocenters. The van der Waals surface area contributed by atoms with Gasteiger partial charge < -0.3 is 0 Å². The number of rotatable bonds is 4. The number of hydrogen-bond acceptors (Lipinski definition) is 0. The summed E-state index contributed by atoms with van der Waals surface area (Å²) in [5.74, 6) is 0.598. The van der Waals surface area contributed by atoms with Gasteiger partial charge in [0.25, 0.3) is 0 Å². The summed E-state index contributed by atoms with van der Waals surface area (Å²) in [6, 6.07) is 0. The molecule has 14 heavy (non-hydrogen) atoms. The first-order valence-electron chi connectivity index (χ1n) is 5.07. The van der Waals surface area contributed by atoms with E-state index in [0.717, 1.165) is 6.42 Å². The molecule has 3 rings (SSSR count). The summed E-state index contributed by atoms with van der Waals surface area (Å²) in [6.45, 7) is 0. The first kappa shape index (κ1) is 7.81. The molecule has 0 bridgehead atoms. The Morgan fingerprint density at radius 2 is 1.29 bits per heavy atom. The predicted octanol–water partition coefficient (Wildman–Crippen LogP) is 3.48. The van der Waals surface area contributed by atoms with Gasteiger partial charge >= 0.3 is 0 Å². The number of allylic oxidation sites excluding steroid dienone is 12. The van der Waals surface area contributed by atoms with Gasteiger partial charge in [0.1, 0.15) is 0 Å². The Labute approximate surface area is 84.3 Å². The van der Waals surface area contributed by atoms with Gasteiger partial charge in [-0.1, -0.05) is 54.7 Å². The van der Waals surface area contributed by atoms with Gasteiger partial charge in [-0.05, 0) is 23.1 Å². The van der Waals surface area contributed by atoms with Crippen LogP contribution in [0.1, 0.15) is 6.42 Å². The molecule has 0 N–H and O–H groups in total. The lowest BCUT2D eigenvalue weighted by molar-refractivity contribution is 0.730. The van der Waals surface area contributed by atoms with Gasteiger partial charge in [-0.15, -0.1) is 0 Å². The van der Waals surface area contributed by atoms with Crippen molar-refractivity contribution in [3.05, 3.63) is 71.4 Å². The van der Waals surface area contributed by atoms with Crippen LogP contribution in [0.15, 0.2) is 71.4 Å². The smallest absolute Gasteiger partial charge is 0.0130 e. The minimum Gasteiger partial charge on any atom is -0.0617 e. The van der Waals surface area contributed by atoms with Gasteiger partial charge in [0.15, 0.2) is 0 Å². The largest absolute Gasteiger partial charge is 0.0617 e. The fourth-order valence-corrected chi connectivity index (χ4v) is 1.91. The first-order valence-corrected chi connectivity index (χ1v) is 5.07. The normalized spacial score (nSPS) is 20.8.